The molecule has 0 aliphatic heterocycles. The molecule has 100 valence electrons. The summed E-state index contributed by atoms with van der Waals surface area (Å²) in [7, 11) is 0. The number of hydrogen-bond acceptors (Lipinski definition) is 2. The summed E-state index contributed by atoms with van der Waals surface area (Å²) in [5.41, 5.74) is 6.16. The molecule has 0 heterocycles. The van der Waals surface area contributed by atoms with Crippen LogP contribution in [0.5, 0.6) is 0 Å². The molecule has 1 aromatic carbocycles. The molecule has 0 spiro atoms. The van der Waals surface area contributed by atoms with Gasteiger partial charge in [-0.05, 0) is 46.5 Å². The molecule has 1 unspecified atom stereocenters. The summed E-state index contributed by atoms with van der Waals surface area (Å²) in [6.07, 6.45) is 0.741. The quantitative estimate of drug-likeness (QED) is 0.876. The third kappa shape index (κ3) is 4.38. The van der Waals surface area contributed by atoms with Gasteiger partial charge >= 0.3 is 0 Å². The molecule has 3 N–H and O–H groups in total. The van der Waals surface area contributed by atoms with Crippen LogP contribution in [0.2, 0.25) is 0 Å². The molecule has 18 heavy (non-hydrogen) atoms. The number of carbonyl (C=O) groups excluding carboxylic acids is 1. The van der Waals surface area contributed by atoms with Crippen molar-refractivity contribution in [1.29, 1.82) is 0 Å². The standard InChI is InChI=1S/C13H18BrFN2O/c1-8(2)5-9(7-16)13(18)17-10-3-4-12(15)11(14)6-10/h3-4,6,8-9H,5,7,16H2,1-2H3,(H,17,18). The SMILES string of the molecule is CC(C)CC(CN)C(=O)Nc1ccc(F)c(Br)c1. The zero-order valence-corrected chi connectivity index (χ0v) is 12.1. The minimum atomic E-state index is -0.356. The van der Waals surface area contributed by atoms with Crippen molar-refractivity contribution < 1.29 is 9.18 Å². The third-order valence-corrected chi connectivity index (χ3v) is 3.21. The van der Waals surface area contributed by atoms with Gasteiger partial charge in [0.1, 0.15) is 5.82 Å². The smallest absolute Gasteiger partial charge is 0.228 e. The van der Waals surface area contributed by atoms with Crippen molar-refractivity contribution in [3.05, 3.63) is 28.5 Å². The monoisotopic (exact) mass is 316 g/mol. The van der Waals surface area contributed by atoms with Crippen LogP contribution in [-0.2, 0) is 4.79 Å². The fraction of sp³-hybridized carbons (Fsp3) is 0.462. The van der Waals surface area contributed by atoms with Gasteiger partial charge in [-0.15, -0.1) is 0 Å². The molecule has 1 atom stereocenters. The maximum absolute atomic E-state index is 13.1. The van der Waals surface area contributed by atoms with Crippen molar-refractivity contribution in [3.63, 3.8) is 0 Å². The molecule has 0 saturated heterocycles. The molecule has 0 fully saturated rings. The normalized spacial score (nSPS) is 12.6. The molecule has 1 aromatic rings. The number of nitrogens with two attached hydrogens (primary N) is 1. The fourth-order valence-electron chi connectivity index (χ4n) is 1.70. The number of hydrogen-bond donors (Lipinski definition) is 2. The average molecular weight is 317 g/mol. The summed E-state index contributed by atoms with van der Waals surface area (Å²) in [4.78, 5) is 12.0. The highest BCUT2D eigenvalue weighted by molar-refractivity contribution is 9.10. The van der Waals surface area contributed by atoms with E-state index in [9.17, 15) is 9.18 Å². The van der Waals surface area contributed by atoms with Crippen LogP contribution < -0.4 is 11.1 Å². The molecular formula is C13H18BrFN2O. The summed E-state index contributed by atoms with van der Waals surface area (Å²) in [5.74, 6) is -0.284. The average Bonchev–Trinajstić information content (AvgIpc) is 2.30. The van der Waals surface area contributed by atoms with Crippen LogP contribution in [0.3, 0.4) is 0 Å². The van der Waals surface area contributed by atoms with Crippen LogP contribution in [0.15, 0.2) is 22.7 Å². The minimum Gasteiger partial charge on any atom is -0.330 e. The molecule has 5 heteroatoms. The van der Waals surface area contributed by atoms with Gasteiger partial charge in [-0.3, -0.25) is 4.79 Å². The van der Waals surface area contributed by atoms with Gasteiger partial charge in [0, 0.05) is 12.2 Å². The topological polar surface area (TPSA) is 55.1 Å². The van der Waals surface area contributed by atoms with E-state index in [1.54, 1.807) is 0 Å². The lowest BCUT2D eigenvalue weighted by atomic mass is 9.96. The predicted octanol–water partition coefficient (Wildman–Crippen LogP) is 3.15. The lowest BCUT2D eigenvalue weighted by Gasteiger charge is -2.16. The number of anilines is 1. The first kappa shape index (κ1) is 15.1. The van der Waals surface area contributed by atoms with Crippen LogP contribution in [0.4, 0.5) is 10.1 Å². The van der Waals surface area contributed by atoms with E-state index in [0.717, 1.165) is 6.42 Å². The van der Waals surface area contributed by atoms with Crippen molar-refractivity contribution in [2.24, 2.45) is 17.6 Å². The molecule has 0 aliphatic carbocycles. The van der Waals surface area contributed by atoms with Crippen molar-refractivity contribution >= 4 is 27.5 Å². The lowest BCUT2D eigenvalue weighted by Crippen LogP contribution is -2.30. The first-order valence-corrected chi connectivity index (χ1v) is 6.69. The first-order chi connectivity index (χ1) is 8.43. The van der Waals surface area contributed by atoms with Gasteiger partial charge in [-0.1, -0.05) is 13.8 Å². The molecule has 0 saturated carbocycles. The Hall–Kier alpha value is -0.940. The van der Waals surface area contributed by atoms with Crippen LogP contribution in [0.25, 0.3) is 0 Å². The van der Waals surface area contributed by atoms with Gasteiger partial charge in [-0.2, -0.15) is 0 Å². The molecule has 1 amide bonds. The number of amides is 1. The molecule has 0 radical (unpaired) electrons. The van der Waals surface area contributed by atoms with E-state index in [-0.39, 0.29) is 17.6 Å². The number of carbonyl (C=O) groups is 1. The molecular weight excluding hydrogens is 299 g/mol. The first-order valence-electron chi connectivity index (χ1n) is 5.90. The Balaban J connectivity index is 2.70. The molecule has 0 aromatic heterocycles. The lowest BCUT2D eigenvalue weighted by molar-refractivity contribution is -0.120. The Kier molecular flexibility index (Phi) is 5.75. The third-order valence-electron chi connectivity index (χ3n) is 2.60. The second-order valence-electron chi connectivity index (χ2n) is 4.68. The fourth-order valence-corrected chi connectivity index (χ4v) is 2.08. The minimum absolute atomic E-state index is 0.121. The van der Waals surface area contributed by atoms with E-state index in [2.05, 4.69) is 21.2 Å². The Morgan fingerprint density at radius 2 is 2.17 bits per heavy atom. The zero-order chi connectivity index (χ0) is 13.7. The molecule has 1 rings (SSSR count). The number of nitrogens with one attached hydrogen (secondary N) is 1. The molecule has 3 nitrogen and oxygen atoms in total. The molecule has 0 aliphatic rings. The van der Waals surface area contributed by atoms with Crippen molar-refractivity contribution in [1.82, 2.24) is 0 Å². The van der Waals surface area contributed by atoms with Gasteiger partial charge < -0.3 is 11.1 Å². The Labute approximate surface area is 115 Å². The maximum Gasteiger partial charge on any atom is 0.228 e. The Morgan fingerprint density at radius 3 is 2.67 bits per heavy atom. The van der Waals surface area contributed by atoms with Crippen LogP contribution in [0.1, 0.15) is 20.3 Å². The van der Waals surface area contributed by atoms with Crippen LogP contribution >= 0.6 is 15.9 Å². The zero-order valence-electron chi connectivity index (χ0n) is 10.5. The summed E-state index contributed by atoms with van der Waals surface area (Å²) >= 11 is 3.08. The van der Waals surface area contributed by atoms with E-state index in [4.69, 9.17) is 5.73 Å². The number of halogens is 2. The summed E-state index contributed by atoms with van der Waals surface area (Å²) in [6.45, 7) is 4.40. The highest BCUT2D eigenvalue weighted by Crippen LogP contribution is 2.21. The molecule has 0 bridgehead atoms. The van der Waals surface area contributed by atoms with Gasteiger partial charge in [0.2, 0.25) is 5.91 Å². The Morgan fingerprint density at radius 1 is 1.50 bits per heavy atom. The van der Waals surface area contributed by atoms with Gasteiger partial charge in [0.15, 0.2) is 0 Å². The highest BCUT2D eigenvalue weighted by atomic mass is 79.9. The number of benzene rings is 1. The van der Waals surface area contributed by atoms with E-state index in [1.165, 1.54) is 18.2 Å². The summed E-state index contributed by atoms with van der Waals surface area (Å²) < 4.78 is 13.4. The maximum atomic E-state index is 13.1. The van der Waals surface area contributed by atoms with Gasteiger partial charge in [-0.25, -0.2) is 4.39 Å². The highest BCUT2D eigenvalue weighted by Gasteiger charge is 2.18. The largest absolute Gasteiger partial charge is 0.330 e. The Bertz CT molecular complexity index is 423. The van der Waals surface area contributed by atoms with Crippen LogP contribution in [-0.4, -0.2) is 12.5 Å². The van der Waals surface area contributed by atoms with Crippen LogP contribution in [0, 0.1) is 17.7 Å². The van der Waals surface area contributed by atoms with E-state index in [1.807, 2.05) is 13.8 Å². The second-order valence-corrected chi connectivity index (χ2v) is 5.53. The van der Waals surface area contributed by atoms with E-state index < -0.39 is 0 Å². The van der Waals surface area contributed by atoms with Crippen molar-refractivity contribution in [3.8, 4) is 0 Å². The number of rotatable bonds is 5. The second kappa shape index (κ2) is 6.85. The van der Waals surface area contributed by atoms with Crippen molar-refractivity contribution in [2.75, 3.05) is 11.9 Å². The van der Waals surface area contributed by atoms with E-state index in [0.29, 0.717) is 22.6 Å². The van der Waals surface area contributed by atoms with Gasteiger partial charge in [0.25, 0.3) is 0 Å². The summed E-state index contributed by atoms with van der Waals surface area (Å²) in [6, 6.07) is 4.37. The van der Waals surface area contributed by atoms with E-state index >= 15 is 0 Å². The predicted molar refractivity (Wildman–Crippen MR) is 74.7 cm³/mol. The van der Waals surface area contributed by atoms with Crippen molar-refractivity contribution in [2.45, 2.75) is 20.3 Å². The van der Waals surface area contributed by atoms with Gasteiger partial charge in [0.05, 0.1) is 10.4 Å². The summed E-state index contributed by atoms with van der Waals surface area (Å²) in [5, 5.41) is 2.75.